The van der Waals surface area contributed by atoms with E-state index in [4.69, 9.17) is 18.0 Å². The number of aromatic nitrogens is 1. The Morgan fingerprint density at radius 1 is 1.30 bits per heavy atom. The highest BCUT2D eigenvalue weighted by Crippen LogP contribution is 2.33. The van der Waals surface area contributed by atoms with Crippen LogP contribution in [0.5, 0.6) is 0 Å². The topological polar surface area (TPSA) is 42.1 Å². The van der Waals surface area contributed by atoms with Crippen LogP contribution in [0.4, 0.5) is 5.69 Å². The van der Waals surface area contributed by atoms with E-state index in [0.717, 1.165) is 30.0 Å². The van der Waals surface area contributed by atoms with Crippen LogP contribution in [0.1, 0.15) is 50.1 Å². The quantitative estimate of drug-likeness (QED) is 0.849. The maximum absolute atomic E-state index is 5.93. The Morgan fingerprint density at radius 2 is 2.00 bits per heavy atom. The van der Waals surface area contributed by atoms with Crippen molar-refractivity contribution < 1.29 is 0 Å². The van der Waals surface area contributed by atoms with Gasteiger partial charge in [-0.15, -0.1) is 0 Å². The second kappa shape index (κ2) is 5.68. The van der Waals surface area contributed by atoms with Gasteiger partial charge in [0.1, 0.15) is 4.99 Å². The Balaban J connectivity index is 2.39. The summed E-state index contributed by atoms with van der Waals surface area (Å²) in [6.07, 6.45) is 3.68. The third-order valence-electron chi connectivity index (χ3n) is 4.23. The van der Waals surface area contributed by atoms with Crippen LogP contribution in [0, 0.1) is 19.3 Å². The van der Waals surface area contributed by atoms with Crippen LogP contribution >= 0.6 is 12.2 Å². The summed E-state index contributed by atoms with van der Waals surface area (Å²) >= 11 is 5.24. The highest BCUT2D eigenvalue weighted by Gasteiger charge is 2.25. The molecule has 1 aromatic rings. The molecule has 2 N–H and O–H groups in total. The molecule has 110 valence electrons. The van der Waals surface area contributed by atoms with Crippen LogP contribution in [0.3, 0.4) is 0 Å². The SMILES string of the molecule is Cc1cc(N2CCCC(C)(C)CC2)c(C(N)=S)c(C)n1. The first-order valence-electron chi connectivity index (χ1n) is 7.33. The van der Waals surface area contributed by atoms with Gasteiger partial charge in [0.25, 0.3) is 0 Å². The maximum Gasteiger partial charge on any atom is 0.107 e. The molecule has 0 bridgehead atoms. The molecule has 0 amide bonds. The van der Waals surface area contributed by atoms with Crippen molar-refractivity contribution in [3.8, 4) is 0 Å². The average molecular weight is 291 g/mol. The Labute approximate surface area is 127 Å². The summed E-state index contributed by atoms with van der Waals surface area (Å²) in [5.74, 6) is 0. The van der Waals surface area contributed by atoms with Crippen molar-refractivity contribution in [1.29, 1.82) is 0 Å². The molecule has 1 aliphatic heterocycles. The van der Waals surface area contributed by atoms with E-state index in [1.54, 1.807) is 0 Å². The van der Waals surface area contributed by atoms with E-state index in [-0.39, 0.29) is 0 Å². The molecule has 0 spiro atoms. The molecule has 1 saturated heterocycles. The zero-order chi connectivity index (χ0) is 14.9. The standard InChI is InChI=1S/C16H25N3S/c1-11-10-13(14(15(17)20)12(2)18-11)19-8-5-6-16(3,4)7-9-19/h10H,5-9H2,1-4H3,(H2,17,20). The van der Waals surface area contributed by atoms with Gasteiger partial charge in [0.05, 0.1) is 11.3 Å². The fourth-order valence-corrected chi connectivity index (χ4v) is 3.28. The number of aryl methyl sites for hydroxylation is 2. The number of rotatable bonds is 2. The molecule has 4 heteroatoms. The van der Waals surface area contributed by atoms with Crippen molar-refractivity contribution in [2.45, 2.75) is 47.0 Å². The number of pyridine rings is 1. The highest BCUT2D eigenvalue weighted by molar-refractivity contribution is 7.80. The van der Waals surface area contributed by atoms with Gasteiger partial charge in [0.2, 0.25) is 0 Å². The number of nitrogens with two attached hydrogens (primary N) is 1. The van der Waals surface area contributed by atoms with E-state index >= 15 is 0 Å². The molecule has 0 unspecified atom stereocenters. The largest absolute Gasteiger partial charge is 0.389 e. The fraction of sp³-hybridized carbons (Fsp3) is 0.625. The summed E-state index contributed by atoms with van der Waals surface area (Å²) in [4.78, 5) is 7.40. The second-order valence-corrected chi connectivity index (χ2v) is 7.05. The number of hydrogen-bond acceptors (Lipinski definition) is 3. The lowest BCUT2D eigenvalue weighted by atomic mass is 9.85. The van der Waals surface area contributed by atoms with Crippen molar-refractivity contribution >= 4 is 22.9 Å². The van der Waals surface area contributed by atoms with E-state index in [9.17, 15) is 0 Å². The zero-order valence-electron chi connectivity index (χ0n) is 13.0. The van der Waals surface area contributed by atoms with E-state index < -0.39 is 0 Å². The monoisotopic (exact) mass is 291 g/mol. The van der Waals surface area contributed by atoms with Crippen molar-refractivity contribution in [2.24, 2.45) is 11.1 Å². The van der Waals surface area contributed by atoms with Crippen molar-refractivity contribution in [2.75, 3.05) is 18.0 Å². The van der Waals surface area contributed by atoms with E-state index in [1.807, 2.05) is 13.8 Å². The summed E-state index contributed by atoms with van der Waals surface area (Å²) in [7, 11) is 0. The molecule has 20 heavy (non-hydrogen) atoms. The van der Waals surface area contributed by atoms with Gasteiger partial charge in [-0.25, -0.2) is 0 Å². The first kappa shape index (κ1) is 15.2. The van der Waals surface area contributed by atoms with Gasteiger partial charge in [-0.05, 0) is 44.6 Å². The Bertz CT molecular complexity index is 523. The van der Waals surface area contributed by atoms with Gasteiger partial charge in [0.15, 0.2) is 0 Å². The summed E-state index contributed by atoms with van der Waals surface area (Å²) in [5, 5.41) is 0. The molecule has 3 nitrogen and oxygen atoms in total. The van der Waals surface area contributed by atoms with Crippen molar-refractivity contribution in [3.63, 3.8) is 0 Å². The van der Waals surface area contributed by atoms with Crippen molar-refractivity contribution in [3.05, 3.63) is 23.0 Å². The molecule has 1 aromatic heterocycles. The molecular weight excluding hydrogens is 266 g/mol. The lowest BCUT2D eigenvalue weighted by Crippen LogP contribution is -2.28. The van der Waals surface area contributed by atoms with E-state index in [1.165, 1.54) is 24.9 Å². The van der Waals surface area contributed by atoms with Crippen LogP contribution in [-0.2, 0) is 0 Å². The van der Waals surface area contributed by atoms with Gasteiger partial charge in [-0.1, -0.05) is 26.1 Å². The third-order valence-corrected chi connectivity index (χ3v) is 4.44. The summed E-state index contributed by atoms with van der Waals surface area (Å²) in [6.45, 7) is 10.9. The Kier molecular flexibility index (Phi) is 4.33. The van der Waals surface area contributed by atoms with Crippen LogP contribution in [0.2, 0.25) is 0 Å². The van der Waals surface area contributed by atoms with Crippen molar-refractivity contribution in [1.82, 2.24) is 4.98 Å². The molecular formula is C16H25N3S. The zero-order valence-corrected chi connectivity index (χ0v) is 13.8. The van der Waals surface area contributed by atoms with Gasteiger partial charge in [-0.3, -0.25) is 4.98 Å². The molecule has 1 aliphatic rings. The van der Waals surface area contributed by atoms with Crippen LogP contribution in [0.15, 0.2) is 6.07 Å². The normalized spacial score (nSPS) is 18.7. The maximum atomic E-state index is 5.93. The summed E-state index contributed by atoms with van der Waals surface area (Å²) in [6, 6.07) is 2.12. The van der Waals surface area contributed by atoms with Crippen LogP contribution in [0.25, 0.3) is 0 Å². The molecule has 0 aliphatic carbocycles. The first-order chi connectivity index (χ1) is 9.30. The fourth-order valence-electron chi connectivity index (χ4n) is 3.03. The minimum Gasteiger partial charge on any atom is -0.389 e. The predicted octanol–water partition coefficient (Wildman–Crippen LogP) is 3.35. The van der Waals surface area contributed by atoms with Gasteiger partial charge in [0, 0.05) is 24.5 Å². The highest BCUT2D eigenvalue weighted by atomic mass is 32.1. The number of hydrogen-bond donors (Lipinski definition) is 1. The average Bonchev–Trinajstić information content (AvgIpc) is 2.48. The molecule has 0 aromatic carbocycles. The molecule has 2 rings (SSSR count). The molecule has 0 saturated carbocycles. The smallest absolute Gasteiger partial charge is 0.107 e. The lowest BCUT2D eigenvalue weighted by Gasteiger charge is -2.27. The number of nitrogens with zero attached hydrogens (tertiary/aromatic N) is 2. The minimum atomic E-state index is 0.426. The Morgan fingerprint density at radius 3 is 2.65 bits per heavy atom. The van der Waals surface area contributed by atoms with Gasteiger partial charge >= 0.3 is 0 Å². The molecule has 0 atom stereocenters. The number of thiocarbonyl (C=S) groups is 1. The first-order valence-corrected chi connectivity index (χ1v) is 7.74. The van der Waals surface area contributed by atoms with E-state index in [2.05, 4.69) is 29.8 Å². The Hall–Kier alpha value is -1.16. The van der Waals surface area contributed by atoms with Crippen LogP contribution in [-0.4, -0.2) is 23.1 Å². The summed E-state index contributed by atoms with van der Waals surface area (Å²) < 4.78 is 0. The molecule has 2 heterocycles. The predicted molar refractivity (Wildman–Crippen MR) is 89.4 cm³/mol. The molecule has 0 radical (unpaired) electrons. The van der Waals surface area contributed by atoms with Gasteiger partial charge < -0.3 is 10.6 Å². The lowest BCUT2D eigenvalue weighted by molar-refractivity contribution is 0.325. The minimum absolute atomic E-state index is 0.426. The molecule has 1 fully saturated rings. The van der Waals surface area contributed by atoms with Gasteiger partial charge in [-0.2, -0.15) is 0 Å². The third kappa shape index (κ3) is 3.29. The van der Waals surface area contributed by atoms with E-state index in [0.29, 0.717) is 10.4 Å². The summed E-state index contributed by atoms with van der Waals surface area (Å²) in [5.41, 5.74) is 10.4. The second-order valence-electron chi connectivity index (χ2n) is 6.61. The number of anilines is 1. The van der Waals surface area contributed by atoms with Crippen LogP contribution < -0.4 is 10.6 Å².